The highest BCUT2D eigenvalue weighted by atomic mass is 32.4. The van der Waals surface area contributed by atoms with Crippen LogP contribution in [-0.4, -0.2) is 165 Å². The molecule has 0 unspecified atom stereocenters. The minimum atomic E-state index is -2.96. The highest BCUT2D eigenvalue weighted by Gasteiger charge is 2.57. The van der Waals surface area contributed by atoms with Gasteiger partial charge in [0.2, 0.25) is 40.8 Å². The van der Waals surface area contributed by atoms with Crippen molar-refractivity contribution in [1.82, 2.24) is 15.3 Å². The molecule has 0 bridgehead atoms. The van der Waals surface area contributed by atoms with Crippen LogP contribution in [0.15, 0.2) is 72.8 Å². The van der Waals surface area contributed by atoms with Gasteiger partial charge in [-0.1, -0.05) is 18.2 Å². The molecule has 0 radical (unpaired) electrons. The minimum absolute atomic E-state index is 0. The lowest BCUT2D eigenvalue weighted by molar-refractivity contribution is -0.956. The van der Waals surface area contributed by atoms with Crippen molar-refractivity contribution in [2.24, 2.45) is 0 Å². The number of nitrogens with one attached hydrogen (secondary N) is 3. The van der Waals surface area contributed by atoms with E-state index in [0.29, 0.717) is 126 Å². The molecule has 9 N–H and O–H groups in total. The van der Waals surface area contributed by atoms with Gasteiger partial charge in [-0.3, -0.25) is 15.3 Å². The number of nitrogens with zero attached hydrogens (tertiary/aromatic N) is 3. The SMILES string of the molecule is C[N@+]1(CCNP(=S)(NCC[N@@+]2(C)Cc3c(ccc4c3OCO4)[C@@H]3[C@H]2c2cc4c(cc2C[C@@H]3O)OCO4)NCC[N@@+]2(C)Cc3c(ccc4c3OCO4)[C@@H]3[C@H]2c2cc4c(cc2C[C@@H]3O)OCO4)Cc2c(ccc3c2OCO3)[C@@H]2[C@H]1c1cc3c(cc1C[C@@H]2O)OCO3.[OH-].[OH-].[OH-]. The van der Waals surface area contributed by atoms with Crippen LogP contribution in [0, 0.1) is 0 Å². The number of aliphatic hydroxyl groups is 3. The van der Waals surface area contributed by atoms with Crippen molar-refractivity contribution in [2.75, 3.05) is 101 Å². The number of hydrogen-bond acceptors (Lipinski definition) is 19. The average molecular weight is 1300 g/mol. The van der Waals surface area contributed by atoms with Gasteiger partial charge >= 0.3 is 0 Å². The van der Waals surface area contributed by atoms with Crippen LogP contribution in [0.3, 0.4) is 0 Å². The zero-order valence-corrected chi connectivity index (χ0v) is 52.8. The van der Waals surface area contributed by atoms with Gasteiger partial charge in [-0.25, -0.2) is 0 Å². The van der Waals surface area contributed by atoms with Gasteiger partial charge in [0.05, 0.1) is 113 Å². The lowest BCUT2D eigenvalue weighted by Gasteiger charge is -2.53. The molecule has 6 aromatic carbocycles. The van der Waals surface area contributed by atoms with E-state index < -0.39 is 24.8 Å². The van der Waals surface area contributed by atoms with Gasteiger partial charge in [0, 0.05) is 16.7 Å². The summed E-state index contributed by atoms with van der Waals surface area (Å²) in [7, 11) is 6.88. The maximum Gasteiger partial charge on any atom is 0.231 e. The second-order valence-corrected chi connectivity index (χ2v) is 30.8. The monoisotopic (exact) mass is 1300 g/mol. The molecule has 3 aliphatic carbocycles. The van der Waals surface area contributed by atoms with Crippen LogP contribution in [0.5, 0.6) is 69.0 Å². The Morgan fingerprint density at radius 2 is 0.641 bits per heavy atom. The average Bonchev–Trinajstić information content (AvgIpc) is 0.948. The number of fused-ring (bicyclic) bond motifs is 24. The van der Waals surface area contributed by atoms with Crippen molar-refractivity contribution in [2.45, 2.75) is 93.1 Å². The van der Waals surface area contributed by atoms with Gasteiger partial charge in [0.15, 0.2) is 69.0 Å². The van der Waals surface area contributed by atoms with Gasteiger partial charge in [-0.2, -0.15) is 0 Å². The number of benzene rings is 6. The third-order valence-corrected chi connectivity index (χ3v) is 25.1. The smallest absolute Gasteiger partial charge is 0.231 e. The van der Waals surface area contributed by atoms with Gasteiger partial charge in [-0.05, 0) is 119 Å². The lowest BCUT2D eigenvalue weighted by Crippen LogP contribution is -2.58. The number of ether oxygens (including phenoxy) is 12. The Bertz CT molecular complexity index is 3650. The second-order valence-electron chi connectivity index (χ2n) is 27.0. The molecule has 12 atom stereocenters. The highest BCUT2D eigenvalue weighted by molar-refractivity contribution is 8.11. The number of rotatable bonds is 12. The zero-order valence-electron chi connectivity index (χ0n) is 51.1. The Labute approximate surface area is 536 Å². The van der Waals surface area contributed by atoms with Crippen molar-refractivity contribution in [3.8, 4) is 69.0 Å². The van der Waals surface area contributed by atoms with E-state index in [1.807, 2.05) is 18.2 Å². The summed E-state index contributed by atoms with van der Waals surface area (Å²) in [6, 6.07) is 24.5. The molecule has 0 saturated carbocycles. The number of quaternary nitrogens is 3. The quantitative estimate of drug-likeness (QED) is 0.0602. The first-order chi connectivity index (χ1) is 43.2. The standard InChI is InChI=1S/C66H72N6O15PS.3H2O/c1-70(25-43-37(4-7-49-64(43)85-31-76-49)58-46(73)16-34-19-52-55(82-28-79-52)22-40(34)61(58)70)13-10-67-88(89,68-11-14-71(2)26-44-38(5-8-50-65(44)86-32-77-50)59-47(74)17-35-20-53-56(83-29-80-53)23-41(35)62(59)71)69-12-15-72(3)27-45-39(6-9-51-66(45)87-33-78-51)60-48(75)18-36-21-54-57(84-30-81-54)24-42(36)63(60)72;;;/h4-9,19-24,46-48,58-63,73-75H,10-18,25-33H2,1-3H3,(H3,67,68,69,89);3*1H2/q+3;;;/p-3/t46-,47-,48-,58-,59-,60-,61+,62+,63+,70-,71-,72-;;;/m0.../s1. The predicted molar refractivity (Wildman–Crippen MR) is 329 cm³/mol. The molecule has 24 nitrogen and oxygen atoms in total. The van der Waals surface area contributed by atoms with Gasteiger partial charge < -0.3 is 102 Å². The van der Waals surface area contributed by atoms with Crippen molar-refractivity contribution in [3.63, 3.8) is 0 Å². The Morgan fingerprint density at radius 1 is 0.380 bits per heavy atom. The maximum atomic E-state index is 12.4. The minimum Gasteiger partial charge on any atom is -0.870 e. The normalized spacial score (nSPS) is 29.7. The molecular weight excluding hydrogens is 1230 g/mol. The maximum absolute atomic E-state index is 12.4. The summed E-state index contributed by atoms with van der Waals surface area (Å²) in [6.07, 6.45) is -0.622. The van der Waals surface area contributed by atoms with Crippen LogP contribution in [0.4, 0.5) is 0 Å². The van der Waals surface area contributed by atoms with E-state index in [1.54, 1.807) is 0 Å². The van der Waals surface area contributed by atoms with Crippen molar-refractivity contribution in [3.05, 3.63) is 140 Å². The second kappa shape index (κ2) is 22.4. The van der Waals surface area contributed by atoms with E-state index in [2.05, 4.69) is 91.0 Å². The van der Waals surface area contributed by atoms with Crippen LogP contribution < -0.4 is 72.1 Å². The molecule has 12 aliphatic rings. The van der Waals surface area contributed by atoms with E-state index in [4.69, 9.17) is 68.6 Å². The molecule has 9 aliphatic heterocycles. The lowest BCUT2D eigenvalue weighted by atomic mass is 9.69. The van der Waals surface area contributed by atoms with Gasteiger partial charge in [0.1, 0.15) is 44.2 Å². The fourth-order valence-corrected chi connectivity index (χ4v) is 20.5. The highest BCUT2D eigenvalue weighted by Crippen LogP contribution is 2.61. The summed E-state index contributed by atoms with van der Waals surface area (Å²) in [4.78, 5) is 0. The first kappa shape index (κ1) is 61.3. The van der Waals surface area contributed by atoms with Crippen molar-refractivity contribution >= 4 is 18.3 Å². The molecule has 0 saturated heterocycles. The van der Waals surface area contributed by atoms with Crippen LogP contribution >= 0.6 is 6.49 Å². The van der Waals surface area contributed by atoms with Crippen LogP contribution in [-0.2, 0) is 50.7 Å². The molecule has 0 aromatic heterocycles. The first-order valence-electron chi connectivity index (χ1n) is 31.1. The molecule has 0 fully saturated rings. The molecule has 92 heavy (non-hydrogen) atoms. The molecule has 9 heterocycles. The molecule has 488 valence electrons. The molecule has 0 amide bonds. The van der Waals surface area contributed by atoms with Crippen LogP contribution in [0.1, 0.15) is 103 Å². The van der Waals surface area contributed by atoms with Crippen LogP contribution in [0.25, 0.3) is 0 Å². The summed E-state index contributed by atoms with van der Waals surface area (Å²) < 4.78 is 74.2. The fourth-order valence-electron chi connectivity index (χ4n) is 18.1. The topological polar surface area (TPSA) is 298 Å². The molecule has 18 rings (SSSR count). The van der Waals surface area contributed by atoms with Gasteiger partial charge in [0.25, 0.3) is 0 Å². The number of aliphatic hydroxyl groups excluding tert-OH is 3. The summed E-state index contributed by atoms with van der Waals surface area (Å²) in [5.74, 6) is 7.90. The largest absolute Gasteiger partial charge is 0.870 e. The van der Waals surface area contributed by atoms with Gasteiger partial charge in [-0.15, -0.1) is 0 Å². The fraction of sp³-hybridized carbons (Fsp3) is 0.455. The summed E-state index contributed by atoms with van der Waals surface area (Å²) in [5, 5.41) is 49.3. The summed E-state index contributed by atoms with van der Waals surface area (Å²) in [5.41, 5.74) is 13.0. The van der Waals surface area contributed by atoms with Crippen molar-refractivity contribution < 1.29 is 102 Å². The van der Waals surface area contributed by atoms with E-state index in [9.17, 15) is 15.3 Å². The Balaban J connectivity index is 0.00000234. The Hall–Kier alpha value is -6.91. The van der Waals surface area contributed by atoms with E-state index in [-0.39, 0.29) is 93.1 Å². The predicted octanol–water partition coefficient (Wildman–Crippen LogP) is 6.03. The Kier molecular flexibility index (Phi) is 14.9. The molecule has 6 aromatic rings. The molecule has 0 spiro atoms. The molecular formula is C66H75N6O18PS. The zero-order chi connectivity index (χ0) is 59.9. The third kappa shape index (κ3) is 9.32. The van der Waals surface area contributed by atoms with E-state index >= 15 is 0 Å². The number of hydrogen-bond donors (Lipinski definition) is 6. The first-order valence-corrected chi connectivity index (χ1v) is 33.9. The molecule has 26 heteroatoms. The van der Waals surface area contributed by atoms with Crippen molar-refractivity contribution in [1.29, 1.82) is 0 Å². The van der Waals surface area contributed by atoms with E-state index in [1.165, 1.54) is 0 Å². The third-order valence-electron chi connectivity index (χ3n) is 22.0. The van der Waals surface area contributed by atoms with Crippen LogP contribution in [0.2, 0.25) is 0 Å². The Morgan fingerprint density at radius 3 is 0.935 bits per heavy atom. The number of likely N-dealkylation sites (N-methyl/N-ethyl adjacent to an activating group) is 3. The summed E-state index contributed by atoms with van der Waals surface area (Å²) in [6.45, 7) is 3.20. The summed E-state index contributed by atoms with van der Waals surface area (Å²) >= 11 is 7.08. The van der Waals surface area contributed by atoms with E-state index in [0.717, 1.165) is 101 Å².